The van der Waals surface area contributed by atoms with Crippen molar-refractivity contribution in [1.29, 1.82) is 0 Å². The Morgan fingerprint density at radius 2 is 1.68 bits per heavy atom. The molecule has 0 aliphatic heterocycles. The average molecular weight is 308 g/mol. The number of hydrogen-bond acceptors (Lipinski definition) is 3. The fraction of sp³-hybridized carbons (Fsp3) is 0.632. The van der Waals surface area contributed by atoms with Crippen molar-refractivity contribution in [3.8, 4) is 0 Å². The molecule has 0 fully saturated rings. The second kappa shape index (κ2) is 16.0. The average Bonchev–Trinajstić information content (AvgIpc) is 2.53. The van der Waals surface area contributed by atoms with Crippen molar-refractivity contribution in [1.82, 2.24) is 0 Å². The van der Waals surface area contributed by atoms with Crippen molar-refractivity contribution in [3.05, 3.63) is 36.5 Å². The molecule has 126 valence electrons. The Balaban J connectivity index is 3.39. The normalized spacial score (nSPS) is 13.4. The Hall–Kier alpha value is -1.35. The number of hydrogen-bond donors (Lipinski definition) is 1. The Labute approximate surface area is 135 Å². The number of aliphatic hydroxyl groups excluding tert-OH is 1. The fourth-order valence-corrected chi connectivity index (χ4v) is 2.01. The minimum Gasteiger partial charge on any atom is -0.469 e. The van der Waals surface area contributed by atoms with Gasteiger partial charge in [0.25, 0.3) is 0 Å². The second-order valence-electron chi connectivity index (χ2n) is 5.34. The minimum absolute atomic E-state index is 0.105. The SMILES string of the molecule is CC/C=C\[C@@H](O)/C=C\C/C=C\CCCCCCCC(=O)OC. The maximum Gasteiger partial charge on any atom is 0.305 e. The van der Waals surface area contributed by atoms with Gasteiger partial charge in [-0.1, -0.05) is 62.6 Å². The summed E-state index contributed by atoms with van der Waals surface area (Å²) < 4.78 is 4.60. The van der Waals surface area contributed by atoms with Gasteiger partial charge in [0.1, 0.15) is 0 Å². The smallest absolute Gasteiger partial charge is 0.305 e. The van der Waals surface area contributed by atoms with Crippen LogP contribution in [0.15, 0.2) is 36.5 Å². The summed E-state index contributed by atoms with van der Waals surface area (Å²) in [5, 5.41) is 9.55. The fourth-order valence-electron chi connectivity index (χ4n) is 2.01. The first-order chi connectivity index (χ1) is 10.7. The Kier molecular flexibility index (Phi) is 15.0. The molecule has 0 heterocycles. The second-order valence-corrected chi connectivity index (χ2v) is 5.34. The van der Waals surface area contributed by atoms with E-state index in [1.54, 1.807) is 6.08 Å². The predicted octanol–water partition coefficient (Wildman–Crippen LogP) is 4.72. The van der Waals surface area contributed by atoms with E-state index in [1.165, 1.54) is 26.4 Å². The van der Waals surface area contributed by atoms with Crippen LogP contribution in [-0.2, 0) is 9.53 Å². The van der Waals surface area contributed by atoms with E-state index < -0.39 is 6.10 Å². The summed E-state index contributed by atoms with van der Waals surface area (Å²) in [6.07, 6.45) is 20.6. The number of ether oxygens (including phenoxy) is 1. The molecular formula is C19H32O3. The van der Waals surface area contributed by atoms with Crippen LogP contribution < -0.4 is 0 Å². The van der Waals surface area contributed by atoms with E-state index in [4.69, 9.17) is 0 Å². The molecule has 0 bridgehead atoms. The van der Waals surface area contributed by atoms with E-state index in [2.05, 4.69) is 23.8 Å². The van der Waals surface area contributed by atoms with Crippen molar-refractivity contribution < 1.29 is 14.6 Å². The summed E-state index contributed by atoms with van der Waals surface area (Å²) in [6, 6.07) is 0. The molecule has 3 nitrogen and oxygen atoms in total. The van der Waals surface area contributed by atoms with E-state index in [1.807, 2.05) is 18.2 Å². The highest BCUT2D eigenvalue weighted by Crippen LogP contribution is 2.08. The third-order valence-electron chi connectivity index (χ3n) is 3.32. The van der Waals surface area contributed by atoms with Gasteiger partial charge in [-0.15, -0.1) is 0 Å². The van der Waals surface area contributed by atoms with Gasteiger partial charge in [-0.05, 0) is 32.1 Å². The molecule has 0 aliphatic carbocycles. The Bertz CT molecular complexity index is 343. The van der Waals surface area contributed by atoms with Crippen LogP contribution in [0.5, 0.6) is 0 Å². The van der Waals surface area contributed by atoms with Crippen LogP contribution in [0.3, 0.4) is 0 Å². The van der Waals surface area contributed by atoms with Crippen molar-refractivity contribution >= 4 is 5.97 Å². The highest BCUT2D eigenvalue weighted by molar-refractivity contribution is 5.68. The molecule has 0 radical (unpaired) electrons. The molecular weight excluding hydrogens is 276 g/mol. The lowest BCUT2D eigenvalue weighted by Crippen LogP contribution is -1.98. The number of unbranched alkanes of at least 4 members (excludes halogenated alkanes) is 5. The molecule has 0 saturated carbocycles. The van der Waals surface area contributed by atoms with Crippen LogP contribution in [0, 0.1) is 0 Å². The summed E-state index contributed by atoms with van der Waals surface area (Å²) in [5.41, 5.74) is 0. The topological polar surface area (TPSA) is 46.5 Å². The van der Waals surface area contributed by atoms with E-state index in [-0.39, 0.29) is 5.97 Å². The molecule has 1 N–H and O–H groups in total. The molecule has 0 rings (SSSR count). The standard InChI is InChI=1S/C19H32O3/c1-3-4-15-18(20)16-13-11-9-7-5-6-8-10-12-14-17-19(21)22-2/h4,7,9,13,15-16,18,20H,3,5-6,8,10-12,14,17H2,1-2H3/b9-7-,15-4-,16-13-/t18-/m1/s1. The van der Waals surface area contributed by atoms with Crippen LogP contribution >= 0.6 is 0 Å². The van der Waals surface area contributed by atoms with Gasteiger partial charge >= 0.3 is 5.97 Å². The van der Waals surface area contributed by atoms with Crippen molar-refractivity contribution in [2.24, 2.45) is 0 Å². The molecule has 0 amide bonds. The molecule has 22 heavy (non-hydrogen) atoms. The molecule has 0 saturated heterocycles. The van der Waals surface area contributed by atoms with E-state index in [0.717, 1.165) is 32.1 Å². The first-order valence-electron chi connectivity index (χ1n) is 8.44. The zero-order chi connectivity index (χ0) is 16.5. The van der Waals surface area contributed by atoms with Crippen LogP contribution in [0.1, 0.15) is 64.7 Å². The number of rotatable bonds is 13. The van der Waals surface area contributed by atoms with E-state index in [0.29, 0.717) is 6.42 Å². The van der Waals surface area contributed by atoms with Gasteiger partial charge in [-0.2, -0.15) is 0 Å². The molecule has 0 aromatic carbocycles. The van der Waals surface area contributed by atoms with Gasteiger partial charge < -0.3 is 9.84 Å². The molecule has 1 atom stereocenters. The number of allylic oxidation sites excluding steroid dienone is 4. The van der Waals surface area contributed by atoms with Crippen LogP contribution in [0.2, 0.25) is 0 Å². The van der Waals surface area contributed by atoms with E-state index in [9.17, 15) is 9.90 Å². The number of esters is 1. The lowest BCUT2D eigenvalue weighted by atomic mass is 10.1. The summed E-state index contributed by atoms with van der Waals surface area (Å²) in [7, 11) is 1.44. The maximum absolute atomic E-state index is 10.9. The first-order valence-corrected chi connectivity index (χ1v) is 8.44. The van der Waals surface area contributed by atoms with Crippen molar-refractivity contribution in [3.63, 3.8) is 0 Å². The van der Waals surface area contributed by atoms with Gasteiger partial charge in [-0.3, -0.25) is 4.79 Å². The van der Waals surface area contributed by atoms with Crippen molar-refractivity contribution in [2.75, 3.05) is 7.11 Å². The number of carbonyl (C=O) groups is 1. The van der Waals surface area contributed by atoms with Crippen LogP contribution in [0.4, 0.5) is 0 Å². The molecule has 3 heteroatoms. The van der Waals surface area contributed by atoms with Crippen LogP contribution in [0.25, 0.3) is 0 Å². The predicted molar refractivity (Wildman–Crippen MR) is 92.7 cm³/mol. The molecule has 0 aromatic heterocycles. The molecule has 0 aromatic rings. The van der Waals surface area contributed by atoms with Crippen LogP contribution in [-0.4, -0.2) is 24.3 Å². The summed E-state index contributed by atoms with van der Waals surface area (Å²) in [6.45, 7) is 2.05. The molecule has 0 spiro atoms. The van der Waals surface area contributed by atoms with Gasteiger partial charge in [-0.25, -0.2) is 0 Å². The summed E-state index contributed by atoms with van der Waals surface area (Å²) in [5.74, 6) is -0.105. The molecule has 0 unspecified atom stereocenters. The summed E-state index contributed by atoms with van der Waals surface area (Å²) in [4.78, 5) is 10.9. The largest absolute Gasteiger partial charge is 0.469 e. The monoisotopic (exact) mass is 308 g/mol. The van der Waals surface area contributed by atoms with Gasteiger partial charge in [0.2, 0.25) is 0 Å². The first kappa shape index (κ1) is 20.6. The quantitative estimate of drug-likeness (QED) is 0.304. The minimum atomic E-state index is -0.460. The highest BCUT2D eigenvalue weighted by atomic mass is 16.5. The van der Waals surface area contributed by atoms with Gasteiger partial charge in [0.05, 0.1) is 13.2 Å². The maximum atomic E-state index is 10.9. The zero-order valence-corrected chi connectivity index (χ0v) is 14.2. The molecule has 0 aliphatic rings. The number of methoxy groups -OCH3 is 1. The van der Waals surface area contributed by atoms with E-state index >= 15 is 0 Å². The Morgan fingerprint density at radius 3 is 2.41 bits per heavy atom. The zero-order valence-electron chi connectivity index (χ0n) is 14.2. The third kappa shape index (κ3) is 15.0. The summed E-state index contributed by atoms with van der Waals surface area (Å²) >= 11 is 0. The number of aliphatic hydroxyl groups is 1. The lowest BCUT2D eigenvalue weighted by molar-refractivity contribution is -0.140. The van der Waals surface area contributed by atoms with Crippen molar-refractivity contribution in [2.45, 2.75) is 70.8 Å². The highest BCUT2D eigenvalue weighted by Gasteiger charge is 1.98. The number of carbonyl (C=O) groups excluding carboxylic acids is 1. The lowest BCUT2D eigenvalue weighted by Gasteiger charge is -2.00. The van der Waals surface area contributed by atoms with Gasteiger partial charge in [0.15, 0.2) is 0 Å². The Morgan fingerprint density at radius 1 is 1.00 bits per heavy atom. The van der Waals surface area contributed by atoms with Gasteiger partial charge in [0, 0.05) is 6.42 Å². The third-order valence-corrected chi connectivity index (χ3v) is 3.32.